The summed E-state index contributed by atoms with van der Waals surface area (Å²) >= 11 is 0. The first-order valence-electron chi connectivity index (χ1n) is 6.65. The van der Waals surface area contributed by atoms with Crippen molar-refractivity contribution in [3.8, 4) is 0 Å². The van der Waals surface area contributed by atoms with Crippen LogP contribution in [0.2, 0.25) is 0 Å². The van der Waals surface area contributed by atoms with Gasteiger partial charge in [0.2, 0.25) is 5.78 Å². The lowest BCUT2D eigenvalue weighted by molar-refractivity contribution is 0.101. The Labute approximate surface area is 120 Å². The molecule has 0 saturated carbocycles. The van der Waals surface area contributed by atoms with Gasteiger partial charge < -0.3 is 4.42 Å². The van der Waals surface area contributed by atoms with Crippen LogP contribution in [0.3, 0.4) is 0 Å². The van der Waals surface area contributed by atoms with Gasteiger partial charge in [0.1, 0.15) is 11.4 Å². The quantitative estimate of drug-likeness (QED) is 0.691. The van der Waals surface area contributed by atoms with Crippen molar-refractivity contribution in [1.29, 1.82) is 0 Å². The van der Waals surface area contributed by atoms with Crippen LogP contribution in [0.4, 0.5) is 4.39 Å². The van der Waals surface area contributed by atoms with Crippen LogP contribution in [0.1, 0.15) is 34.4 Å². The Balaban J connectivity index is 2.10. The van der Waals surface area contributed by atoms with Gasteiger partial charge in [0.15, 0.2) is 5.76 Å². The molecule has 0 aliphatic carbocycles. The predicted octanol–water partition coefficient (Wildman–Crippen LogP) is 3.46. The number of carbonyl (C=O) groups excluding carboxylic acids is 1. The fraction of sp³-hybridized carbons (Fsp3) is 0.188. The van der Waals surface area contributed by atoms with Crippen molar-refractivity contribution in [2.75, 3.05) is 0 Å². The van der Waals surface area contributed by atoms with Crippen LogP contribution in [0.5, 0.6) is 0 Å². The summed E-state index contributed by atoms with van der Waals surface area (Å²) in [5.74, 6) is -0.447. The Morgan fingerprint density at radius 2 is 2.05 bits per heavy atom. The molecule has 0 bridgehead atoms. The summed E-state index contributed by atoms with van der Waals surface area (Å²) in [6.07, 6.45) is 0.600. The van der Waals surface area contributed by atoms with Crippen molar-refractivity contribution in [1.82, 2.24) is 10.2 Å². The third-order valence-corrected chi connectivity index (χ3v) is 3.27. The second-order valence-electron chi connectivity index (χ2n) is 4.82. The van der Waals surface area contributed by atoms with Crippen LogP contribution in [-0.2, 0) is 6.42 Å². The molecule has 5 heteroatoms. The number of aromatic nitrogens is 2. The maximum absolute atomic E-state index is 13.2. The molecule has 0 fully saturated rings. The topological polar surface area (TPSA) is 56.0 Å². The van der Waals surface area contributed by atoms with Gasteiger partial charge in [-0.05, 0) is 43.7 Å². The van der Waals surface area contributed by atoms with Crippen molar-refractivity contribution >= 4 is 16.8 Å². The molecule has 3 rings (SSSR count). The van der Waals surface area contributed by atoms with Gasteiger partial charge in [0.05, 0.1) is 17.0 Å². The Morgan fingerprint density at radius 1 is 1.24 bits per heavy atom. The number of hydrogen-bond donors (Lipinski definition) is 0. The van der Waals surface area contributed by atoms with Crippen molar-refractivity contribution in [3.63, 3.8) is 0 Å². The first-order valence-corrected chi connectivity index (χ1v) is 6.65. The van der Waals surface area contributed by atoms with Crippen LogP contribution in [0, 0.1) is 12.7 Å². The van der Waals surface area contributed by atoms with E-state index in [-0.39, 0.29) is 17.4 Å². The molecule has 106 valence electrons. The van der Waals surface area contributed by atoms with E-state index in [2.05, 4.69) is 10.2 Å². The molecule has 2 heterocycles. The van der Waals surface area contributed by atoms with Crippen molar-refractivity contribution in [2.45, 2.75) is 20.3 Å². The van der Waals surface area contributed by atoms with E-state index in [4.69, 9.17) is 4.42 Å². The second-order valence-corrected chi connectivity index (χ2v) is 4.82. The lowest BCUT2D eigenvalue weighted by Crippen LogP contribution is -2.08. The zero-order valence-corrected chi connectivity index (χ0v) is 11.7. The second kappa shape index (κ2) is 5.09. The number of hydrogen-bond acceptors (Lipinski definition) is 4. The van der Waals surface area contributed by atoms with Crippen LogP contribution in [0.25, 0.3) is 11.0 Å². The van der Waals surface area contributed by atoms with Crippen molar-refractivity contribution < 1.29 is 13.6 Å². The van der Waals surface area contributed by atoms with Gasteiger partial charge in [0.25, 0.3) is 0 Å². The highest BCUT2D eigenvalue weighted by Crippen LogP contribution is 2.23. The molecule has 2 aromatic heterocycles. The van der Waals surface area contributed by atoms with Crippen LogP contribution >= 0.6 is 0 Å². The molecule has 1 aromatic carbocycles. The number of furan rings is 1. The molecule has 0 aliphatic rings. The summed E-state index contributed by atoms with van der Waals surface area (Å²) < 4.78 is 18.7. The molecule has 0 saturated heterocycles. The minimum absolute atomic E-state index is 0.178. The molecule has 0 atom stereocenters. The number of fused-ring (bicyclic) bond motifs is 1. The number of benzene rings is 1. The van der Waals surface area contributed by atoms with Gasteiger partial charge in [-0.25, -0.2) is 4.39 Å². The lowest BCUT2D eigenvalue weighted by atomic mass is 10.1. The summed E-state index contributed by atoms with van der Waals surface area (Å²) in [4.78, 5) is 12.6. The molecule has 0 spiro atoms. The van der Waals surface area contributed by atoms with E-state index in [1.807, 2.05) is 6.92 Å². The summed E-state index contributed by atoms with van der Waals surface area (Å²) in [5.41, 5.74) is 2.25. The largest absolute Gasteiger partial charge is 0.453 e. The van der Waals surface area contributed by atoms with Crippen molar-refractivity contribution in [2.24, 2.45) is 0 Å². The fourth-order valence-corrected chi connectivity index (χ4v) is 2.23. The van der Waals surface area contributed by atoms with Gasteiger partial charge >= 0.3 is 0 Å². The van der Waals surface area contributed by atoms with Gasteiger partial charge in [-0.15, -0.1) is 0 Å². The number of halogens is 1. The van der Waals surface area contributed by atoms with Crippen LogP contribution in [0.15, 0.2) is 34.7 Å². The highest BCUT2D eigenvalue weighted by atomic mass is 19.1. The molecule has 4 nitrogen and oxygen atoms in total. The monoisotopic (exact) mass is 284 g/mol. The van der Waals surface area contributed by atoms with E-state index in [1.54, 1.807) is 19.1 Å². The maximum Gasteiger partial charge on any atom is 0.230 e. The Kier molecular flexibility index (Phi) is 3.25. The van der Waals surface area contributed by atoms with E-state index in [0.717, 1.165) is 0 Å². The minimum atomic E-state index is -0.363. The SMILES string of the molecule is CCc1nnc(C)cc1C(=O)c1cc2cc(F)ccc2o1. The third-order valence-electron chi connectivity index (χ3n) is 3.27. The number of nitrogens with zero attached hydrogens (tertiary/aromatic N) is 2. The van der Waals surface area contributed by atoms with E-state index in [1.165, 1.54) is 18.2 Å². The molecule has 0 aliphatic heterocycles. The molecule has 0 N–H and O–H groups in total. The molecule has 21 heavy (non-hydrogen) atoms. The van der Waals surface area contributed by atoms with E-state index < -0.39 is 0 Å². The molecule has 0 radical (unpaired) electrons. The predicted molar refractivity (Wildman–Crippen MR) is 75.8 cm³/mol. The third kappa shape index (κ3) is 2.42. The van der Waals surface area contributed by atoms with Gasteiger partial charge in [-0.2, -0.15) is 10.2 Å². The molecular weight excluding hydrogens is 271 g/mol. The lowest BCUT2D eigenvalue weighted by Gasteiger charge is -2.04. The standard InChI is InChI=1S/C16H13FN2O2/c1-3-13-12(6-9(2)18-19-13)16(20)15-8-10-7-11(17)4-5-14(10)21-15/h4-8H,3H2,1-2H3. The average molecular weight is 284 g/mol. The van der Waals surface area contributed by atoms with Crippen LogP contribution in [-0.4, -0.2) is 16.0 Å². The van der Waals surface area contributed by atoms with Crippen molar-refractivity contribution in [3.05, 3.63) is 58.9 Å². The summed E-state index contributed by atoms with van der Waals surface area (Å²) in [7, 11) is 0. The fourth-order valence-electron chi connectivity index (χ4n) is 2.23. The van der Waals surface area contributed by atoms with Crippen LogP contribution < -0.4 is 0 Å². The molecular formula is C16H13FN2O2. The zero-order chi connectivity index (χ0) is 15.0. The minimum Gasteiger partial charge on any atom is -0.453 e. The van der Waals surface area contributed by atoms with E-state index >= 15 is 0 Å². The number of aryl methyl sites for hydroxylation is 2. The highest BCUT2D eigenvalue weighted by Gasteiger charge is 2.19. The first-order chi connectivity index (χ1) is 10.1. The summed E-state index contributed by atoms with van der Waals surface area (Å²) in [5, 5.41) is 8.56. The normalized spacial score (nSPS) is 11.0. The van der Waals surface area contributed by atoms with Gasteiger partial charge in [0, 0.05) is 5.39 Å². The average Bonchev–Trinajstić information content (AvgIpc) is 2.89. The Morgan fingerprint density at radius 3 is 2.81 bits per heavy atom. The number of rotatable bonds is 3. The number of ketones is 1. The smallest absolute Gasteiger partial charge is 0.230 e. The molecule has 3 aromatic rings. The highest BCUT2D eigenvalue weighted by molar-refractivity contribution is 6.09. The maximum atomic E-state index is 13.2. The number of carbonyl (C=O) groups is 1. The Hall–Kier alpha value is -2.56. The summed E-state index contributed by atoms with van der Waals surface area (Å²) in [6.45, 7) is 3.68. The van der Waals surface area contributed by atoms with Gasteiger partial charge in [-0.3, -0.25) is 4.79 Å². The van der Waals surface area contributed by atoms with Gasteiger partial charge in [-0.1, -0.05) is 6.92 Å². The Bertz CT molecular complexity index is 839. The van der Waals surface area contributed by atoms with E-state index in [9.17, 15) is 9.18 Å². The molecule has 0 unspecified atom stereocenters. The zero-order valence-electron chi connectivity index (χ0n) is 11.7. The summed E-state index contributed by atoms with van der Waals surface area (Å²) in [6, 6.07) is 7.40. The van der Waals surface area contributed by atoms with E-state index in [0.29, 0.717) is 34.3 Å². The molecule has 0 amide bonds. The first kappa shape index (κ1) is 13.4.